The van der Waals surface area contributed by atoms with E-state index in [-0.39, 0.29) is 5.57 Å². The van der Waals surface area contributed by atoms with Crippen LogP contribution in [0.5, 0.6) is 0 Å². The summed E-state index contributed by atoms with van der Waals surface area (Å²) in [7, 11) is 0. The van der Waals surface area contributed by atoms with Crippen molar-refractivity contribution in [3.05, 3.63) is 69.2 Å². The van der Waals surface area contributed by atoms with Crippen LogP contribution in [0.15, 0.2) is 48.0 Å². The Labute approximate surface area is 138 Å². The Hall–Kier alpha value is -2.28. The molecular formula is C17H12Cl2N2O. The number of benzene rings is 2. The predicted molar refractivity (Wildman–Crippen MR) is 89.9 cm³/mol. The molecule has 0 bridgehead atoms. The van der Waals surface area contributed by atoms with Crippen LogP contribution in [-0.2, 0) is 4.79 Å². The van der Waals surface area contributed by atoms with Crippen molar-refractivity contribution in [1.82, 2.24) is 0 Å². The number of rotatable bonds is 3. The molecule has 0 aliphatic heterocycles. The van der Waals surface area contributed by atoms with Crippen LogP contribution in [0.4, 0.5) is 5.69 Å². The summed E-state index contributed by atoms with van der Waals surface area (Å²) in [5, 5.41) is 12.7. The average Bonchev–Trinajstić information content (AvgIpc) is 2.49. The molecule has 0 saturated carbocycles. The van der Waals surface area contributed by atoms with Crippen molar-refractivity contribution in [2.45, 2.75) is 6.92 Å². The van der Waals surface area contributed by atoms with Gasteiger partial charge in [0.05, 0.1) is 0 Å². The molecule has 0 fully saturated rings. The Kier molecular flexibility index (Phi) is 5.21. The molecule has 0 radical (unpaired) electrons. The zero-order valence-corrected chi connectivity index (χ0v) is 13.2. The van der Waals surface area contributed by atoms with Gasteiger partial charge in [-0.15, -0.1) is 0 Å². The minimum Gasteiger partial charge on any atom is -0.321 e. The SMILES string of the molecule is Cc1ccccc1NC(=O)/C(C#N)=C\c1c(Cl)cccc1Cl. The number of carbonyl (C=O) groups is 1. The molecule has 0 atom stereocenters. The highest BCUT2D eigenvalue weighted by molar-refractivity contribution is 6.37. The fraction of sp³-hybridized carbons (Fsp3) is 0.0588. The molecule has 0 aromatic heterocycles. The molecule has 110 valence electrons. The molecule has 22 heavy (non-hydrogen) atoms. The highest BCUT2D eigenvalue weighted by atomic mass is 35.5. The highest BCUT2D eigenvalue weighted by Gasteiger charge is 2.12. The van der Waals surface area contributed by atoms with Crippen molar-refractivity contribution < 1.29 is 4.79 Å². The third-order valence-electron chi connectivity index (χ3n) is 3.05. The summed E-state index contributed by atoms with van der Waals surface area (Å²) >= 11 is 12.1. The van der Waals surface area contributed by atoms with Crippen molar-refractivity contribution in [3.8, 4) is 6.07 Å². The minimum atomic E-state index is -0.507. The van der Waals surface area contributed by atoms with Crippen LogP contribution >= 0.6 is 23.2 Å². The number of nitrogens with one attached hydrogen (secondary N) is 1. The van der Waals surface area contributed by atoms with Crippen LogP contribution in [0.3, 0.4) is 0 Å². The number of carbonyl (C=O) groups excluding carboxylic acids is 1. The lowest BCUT2D eigenvalue weighted by Gasteiger charge is -2.08. The van der Waals surface area contributed by atoms with Gasteiger partial charge in [0.25, 0.3) is 5.91 Å². The molecule has 2 aromatic rings. The highest BCUT2D eigenvalue weighted by Crippen LogP contribution is 2.27. The molecule has 1 N–H and O–H groups in total. The Bertz CT molecular complexity index is 771. The van der Waals surface area contributed by atoms with Gasteiger partial charge in [-0.2, -0.15) is 5.26 Å². The molecule has 0 heterocycles. The van der Waals surface area contributed by atoms with E-state index >= 15 is 0 Å². The molecule has 5 heteroatoms. The first-order valence-corrected chi connectivity index (χ1v) is 7.21. The van der Waals surface area contributed by atoms with Gasteiger partial charge in [-0.25, -0.2) is 0 Å². The Morgan fingerprint density at radius 3 is 2.36 bits per heavy atom. The van der Waals surface area contributed by atoms with Crippen LogP contribution in [-0.4, -0.2) is 5.91 Å². The van der Waals surface area contributed by atoms with Gasteiger partial charge in [0.1, 0.15) is 11.6 Å². The molecule has 0 aliphatic carbocycles. The number of anilines is 1. The van der Waals surface area contributed by atoms with E-state index in [0.29, 0.717) is 21.3 Å². The van der Waals surface area contributed by atoms with Crippen LogP contribution in [0.1, 0.15) is 11.1 Å². The summed E-state index contributed by atoms with van der Waals surface area (Å²) in [6.45, 7) is 1.87. The summed E-state index contributed by atoms with van der Waals surface area (Å²) in [5.41, 5.74) is 1.93. The van der Waals surface area contributed by atoms with Gasteiger partial charge in [0.2, 0.25) is 0 Å². The fourth-order valence-electron chi connectivity index (χ4n) is 1.84. The normalized spacial score (nSPS) is 10.9. The zero-order chi connectivity index (χ0) is 16.1. The predicted octanol–water partition coefficient (Wildman–Crippen LogP) is 4.85. The van der Waals surface area contributed by atoms with E-state index in [1.165, 1.54) is 6.08 Å². The topological polar surface area (TPSA) is 52.9 Å². The lowest BCUT2D eigenvalue weighted by Crippen LogP contribution is -2.14. The Morgan fingerprint density at radius 2 is 1.77 bits per heavy atom. The Balaban J connectivity index is 2.33. The number of nitrogens with zero attached hydrogens (tertiary/aromatic N) is 1. The second-order valence-corrected chi connectivity index (χ2v) is 5.39. The van der Waals surface area contributed by atoms with E-state index < -0.39 is 5.91 Å². The van der Waals surface area contributed by atoms with E-state index in [9.17, 15) is 10.1 Å². The summed E-state index contributed by atoms with van der Waals surface area (Å²) in [6, 6.07) is 14.2. The van der Waals surface area contributed by atoms with E-state index in [1.54, 1.807) is 24.3 Å². The van der Waals surface area contributed by atoms with Gasteiger partial charge in [-0.1, -0.05) is 47.5 Å². The minimum absolute atomic E-state index is 0.0711. The molecule has 3 nitrogen and oxygen atoms in total. The summed E-state index contributed by atoms with van der Waals surface area (Å²) in [6.07, 6.45) is 1.39. The number of halogens is 2. The van der Waals surface area contributed by atoms with E-state index in [1.807, 2.05) is 31.2 Å². The monoisotopic (exact) mass is 330 g/mol. The van der Waals surface area contributed by atoms with Crippen molar-refractivity contribution >= 4 is 40.9 Å². The first kappa shape index (κ1) is 16.1. The summed E-state index contributed by atoms with van der Waals surface area (Å²) in [5.74, 6) is -0.507. The smallest absolute Gasteiger partial charge is 0.266 e. The second kappa shape index (κ2) is 7.13. The standard InChI is InChI=1S/C17H12Cl2N2O/c1-11-5-2-3-8-16(11)21-17(22)12(10-20)9-13-14(18)6-4-7-15(13)19/h2-9H,1H3,(H,21,22)/b12-9-. The lowest BCUT2D eigenvalue weighted by molar-refractivity contribution is -0.112. The third kappa shape index (κ3) is 3.67. The maximum atomic E-state index is 12.2. The van der Waals surface area contributed by atoms with Crippen molar-refractivity contribution in [2.75, 3.05) is 5.32 Å². The number of nitriles is 1. The molecule has 2 rings (SSSR count). The first-order valence-electron chi connectivity index (χ1n) is 6.45. The van der Waals surface area contributed by atoms with Gasteiger partial charge in [-0.05, 0) is 36.8 Å². The van der Waals surface area contributed by atoms with Crippen LogP contribution in [0.25, 0.3) is 6.08 Å². The molecule has 2 aromatic carbocycles. The maximum absolute atomic E-state index is 12.2. The van der Waals surface area contributed by atoms with E-state index in [0.717, 1.165) is 5.56 Å². The van der Waals surface area contributed by atoms with Gasteiger partial charge in [0.15, 0.2) is 0 Å². The fourth-order valence-corrected chi connectivity index (χ4v) is 2.35. The molecule has 0 aliphatic rings. The van der Waals surface area contributed by atoms with Crippen LogP contribution < -0.4 is 5.32 Å². The summed E-state index contributed by atoms with van der Waals surface area (Å²) < 4.78 is 0. The van der Waals surface area contributed by atoms with E-state index in [4.69, 9.17) is 23.2 Å². The second-order valence-electron chi connectivity index (χ2n) is 4.57. The van der Waals surface area contributed by atoms with Crippen molar-refractivity contribution in [2.24, 2.45) is 0 Å². The first-order chi connectivity index (χ1) is 10.5. The number of hydrogen-bond acceptors (Lipinski definition) is 2. The van der Waals surface area contributed by atoms with Gasteiger partial charge in [0, 0.05) is 21.3 Å². The number of amides is 1. The average molecular weight is 331 g/mol. The molecule has 0 unspecified atom stereocenters. The Morgan fingerprint density at radius 1 is 1.14 bits per heavy atom. The molecular weight excluding hydrogens is 319 g/mol. The molecule has 0 saturated heterocycles. The van der Waals surface area contributed by atoms with Crippen molar-refractivity contribution in [3.63, 3.8) is 0 Å². The maximum Gasteiger partial charge on any atom is 0.266 e. The van der Waals surface area contributed by atoms with Crippen LogP contribution in [0.2, 0.25) is 10.0 Å². The van der Waals surface area contributed by atoms with Gasteiger partial charge in [-0.3, -0.25) is 4.79 Å². The van der Waals surface area contributed by atoms with Crippen molar-refractivity contribution in [1.29, 1.82) is 5.26 Å². The quantitative estimate of drug-likeness (QED) is 0.646. The number of para-hydroxylation sites is 1. The summed E-state index contributed by atoms with van der Waals surface area (Å²) in [4.78, 5) is 12.2. The third-order valence-corrected chi connectivity index (χ3v) is 3.71. The molecule has 0 spiro atoms. The lowest BCUT2D eigenvalue weighted by atomic mass is 10.1. The number of hydrogen-bond donors (Lipinski definition) is 1. The molecule has 1 amide bonds. The van der Waals surface area contributed by atoms with Gasteiger partial charge >= 0.3 is 0 Å². The zero-order valence-electron chi connectivity index (χ0n) is 11.7. The number of aryl methyl sites for hydroxylation is 1. The largest absolute Gasteiger partial charge is 0.321 e. The van der Waals surface area contributed by atoms with E-state index in [2.05, 4.69) is 5.32 Å². The van der Waals surface area contributed by atoms with Crippen LogP contribution in [0, 0.1) is 18.3 Å². The van der Waals surface area contributed by atoms with Gasteiger partial charge < -0.3 is 5.32 Å².